The van der Waals surface area contributed by atoms with E-state index in [1.165, 1.54) is 16.3 Å². The van der Waals surface area contributed by atoms with Crippen LogP contribution >= 0.6 is 0 Å². The van der Waals surface area contributed by atoms with Gasteiger partial charge >= 0.3 is 0 Å². The quantitative estimate of drug-likeness (QED) is 0.810. The van der Waals surface area contributed by atoms with Gasteiger partial charge in [-0.3, -0.25) is 0 Å². The van der Waals surface area contributed by atoms with Crippen molar-refractivity contribution in [3.63, 3.8) is 0 Å². The normalized spacial score (nSPS) is 28.2. The Balaban J connectivity index is 2.04. The van der Waals surface area contributed by atoms with Crippen LogP contribution in [0.4, 0.5) is 0 Å². The van der Waals surface area contributed by atoms with Crippen molar-refractivity contribution in [1.29, 1.82) is 0 Å². The summed E-state index contributed by atoms with van der Waals surface area (Å²) >= 11 is 0. The minimum Gasteiger partial charge on any atom is -0.389 e. The number of benzene rings is 2. The van der Waals surface area contributed by atoms with E-state index in [0.717, 1.165) is 12.8 Å². The van der Waals surface area contributed by atoms with E-state index in [1.54, 1.807) is 0 Å². The highest BCUT2D eigenvalue weighted by Crippen LogP contribution is 2.45. The minimum atomic E-state index is -0.440. The summed E-state index contributed by atoms with van der Waals surface area (Å²) in [6.07, 6.45) is 1.73. The zero-order chi connectivity index (χ0) is 11.2. The number of hydrogen-bond donors (Lipinski definition) is 1. The molecule has 0 bridgehead atoms. The molecule has 0 amide bonds. The largest absolute Gasteiger partial charge is 0.389 e. The fourth-order valence-corrected chi connectivity index (χ4v) is 2.49. The van der Waals surface area contributed by atoms with Crippen molar-refractivity contribution in [2.45, 2.75) is 25.4 Å². The van der Waals surface area contributed by atoms with Crippen LogP contribution in [-0.4, -0.2) is 10.7 Å². The standard InChI is InChI=1S/C15H16O/c1-11-9-15(11,16)10-13-7-4-6-12-5-2-3-8-14(12)13/h2-8,11,16H,9-10H2,1H3. The van der Waals surface area contributed by atoms with Crippen LogP contribution in [0.5, 0.6) is 0 Å². The fourth-order valence-electron chi connectivity index (χ4n) is 2.49. The van der Waals surface area contributed by atoms with Gasteiger partial charge in [-0.2, -0.15) is 0 Å². The molecule has 16 heavy (non-hydrogen) atoms. The summed E-state index contributed by atoms with van der Waals surface area (Å²) in [5, 5.41) is 12.7. The number of hydrogen-bond acceptors (Lipinski definition) is 1. The lowest BCUT2D eigenvalue weighted by Gasteiger charge is -2.11. The molecule has 0 radical (unpaired) electrons. The minimum absolute atomic E-state index is 0.440. The molecule has 3 rings (SSSR count). The lowest BCUT2D eigenvalue weighted by atomic mass is 9.98. The lowest BCUT2D eigenvalue weighted by molar-refractivity contribution is 0.135. The smallest absolute Gasteiger partial charge is 0.0718 e. The van der Waals surface area contributed by atoms with Crippen LogP contribution in [0.15, 0.2) is 42.5 Å². The maximum atomic E-state index is 10.2. The highest BCUT2D eigenvalue weighted by molar-refractivity contribution is 5.85. The summed E-state index contributed by atoms with van der Waals surface area (Å²) in [6, 6.07) is 14.7. The maximum absolute atomic E-state index is 10.2. The van der Waals surface area contributed by atoms with Gasteiger partial charge in [0.1, 0.15) is 0 Å². The highest BCUT2D eigenvalue weighted by Gasteiger charge is 2.49. The first-order chi connectivity index (χ1) is 7.69. The average Bonchev–Trinajstić information content (AvgIpc) is 2.87. The van der Waals surface area contributed by atoms with Gasteiger partial charge in [0.25, 0.3) is 0 Å². The maximum Gasteiger partial charge on any atom is 0.0718 e. The van der Waals surface area contributed by atoms with Crippen LogP contribution in [0.25, 0.3) is 10.8 Å². The van der Waals surface area contributed by atoms with E-state index in [2.05, 4.69) is 49.4 Å². The van der Waals surface area contributed by atoms with Crippen LogP contribution < -0.4 is 0 Å². The third-order valence-corrected chi connectivity index (χ3v) is 3.79. The molecule has 82 valence electrons. The van der Waals surface area contributed by atoms with E-state index < -0.39 is 5.60 Å². The molecule has 1 N–H and O–H groups in total. The molecule has 0 spiro atoms. The Morgan fingerprint density at radius 3 is 2.62 bits per heavy atom. The first-order valence-corrected chi connectivity index (χ1v) is 5.88. The molecule has 0 saturated heterocycles. The van der Waals surface area contributed by atoms with E-state index >= 15 is 0 Å². The molecule has 1 nitrogen and oxygen atoms in total. The molecule has 2 aromatic rings. The molecule has 0 heterocycles. The Labute approximate surface area is 95.7 Å². The molecule has 1 heteroatoms. The van der Waals surface area contributed by atoms with Crippen molar-refractivity contribution in [3.05, 3.63) is 48.0 Å². The molecule has 1 fully saturated rings. The molecule has 2 aromatic carbocycles. The summed E-state index contributed by atoms with van der Waals surface area (Å²) in [5.74, 6) is 0.450. The predicted octanol–water partition coefficient (Wildman–Crippen LogP) is 3.15. The number of rotatable bonds is 2. The Bertz CT molecular complexity index is 526. The van der Waals surface area contributed by atoms with Crippen LogP contribution in [0, 0.1) is 5.92 Å². The zero-order valence-electron chi connectivity index (χ0n) is 9.48. The topological polar surface area (TPSA) is 20.2 Å². The van der Waals surface area contributed by atoms with E-state index in [1.807, 2.05) is 0 Å². The molecule has 2 atom stereocenters. The summed E-state index contributed by atoms with van der Waals surface area (Å²) in [4.78, 5) is 0. The highest BCUT2D eigenvalue weighted by atomic mass is 16.3. The molecular weight excluding hydrogens is 196 g/mol. The van der Waals surface area contributed by atoms with E-state index in [-0.39, 0.29) is 0 Å². The van der Waals surface area contributed by atoms with Gasteiger partial charge in [0.2, 0.25) is 0 Å². The van der Waals surface area contributed by atoms with Crippen molar-refractivity contribution in [2.75, 3.05) is 0 Å². The Morgan fingerprint density at radius 1 is 1.19 bits per heavy atom. The second kappa shape index (κ2) is 3.33. The molecule has 1 aliphatic rings. The summed E-state index contributed by atoms with van der Waals surface area (Å²) in [6.45, 7) is 2.12. The molecule has 0 aliphatic heterocycles. The monoisotopic (exact) mass is 212 g/mol. The number of aliphatic hydroxyl groups is 1. The predicted molar refractivity (Wildman–Crippen MR) is 66.4 cm³/mol. The molecule has 2 unspecified atom stereocenters. The van der Waals surface area contributed by atoms with E-state index in [9.17, 15) is 5.11 Å². The second-order valence-corrected chi connectivity index (χ2v) is 5.02. The Kier molecular flexibility index (Phi) is 2.05. The van der Waals surface area contributed by atoms with Crippen molar-refractivity contribution in [3.8, 4) is 0 Å². The molecule has 1 saturated carbocycles. The summed E-state index contributed by atoms with van der Waals surface area (Å²) < 4.78 is 0. The van der Waals surface area contributed by atoms with Gasteiger partial charge in [0, 0.05) is 6.42 Å². The Morgan fingerprint density at radius 2 is 1.88 bits per heavy atom. The first kappa shape index (κ1) is 9.86. The van der Waals surface area contributed by atoms with Crippen molar-refractivity contribution >= 4 is 10.8 Å². The van der Waals surface area contributed by atoms with Gasteiger partial charge in [-0.25, -0.2) is 0 Å². The summed E-state index contributed by atoms with van der Waals surface area (Å²) in [7, 11) is 0. The van der Waals surface area contributed by atoms with Crippen molar-refractivity contribution in [1.82, 2.24) is 0 Å². The lowest BCUT2D eigenvalue weighted by Crippen LogP contribution is -2.14. The van der Waals surface area contributed by atoms with Gasteiger partial charge in [0.15, 0.2) is 0 Å². The van der Waals surface area contributed by atoms with Gasteiger partial charge in [-0.15, -0.1) is 0 Å². The van der Waals surface area contributed by atoms with Crippen molar-refractivity contribution in [2.24, 2.45) is 5.92 Å². The van der Waals surface area contributed by atoms with Crippen LogP contribution in [-0.2, 0) is 6.42 Å². The third kappa shape index (κ3) is 1.52. The Hall–Kier alpha value is -1.34. The first-order valence-electron chi connectivity index (χ1n) is 5.88. The van der Waals surface area contributed by atoms with Gasteiger partial charge < -0.3 is 5.11 Å². The SMILES string of the molecule is CC1CC1(O)Cc1cccc2ccccc12. The molecular formula is C15H16O. The van der Waals surface area contributed by atoms with Gasteiger partial charge in [0.05, 0.1) is 5.60 Å². The molecule has 1 aliphatic carbocycles. The van der Waals surface area contributed by atoms with Crippen LogP contribution in [0.2, 0.25) is 0 Å². The zero-order valence-corrected chi connectivity index (χ0v) is 9.48. The third-order valence-electron chi connectivity index (χ3n) is 3.79. The van der Waals surface area contributed by atoms with Gasteiger partial charge in [-0.05, 0) is 28.7 Å². The molecule has 0 aromatic heterocycles. The van der Waals surface area contributed by atoms with E-state index in [4.69, 9.17) is 0 Å². The fraction of sp³-hybridized carbons (Fsp3) is 0.333. The van der Waals surface area contributed by atoms with Crippen LogP contribution in [0.3, 0.4) is 0 Å². The summed E-state index contributed by atoms with van der Waals surface area (Å²) in [5.41, 5.74) is 0.828. The van der Waals surface area contributed by atoms with E-state index in [0.29, 0.717) is 5.92 Å². The second-order valence-electron chi connectivity index (χ2n) is 5.02. The van der Waals surface area contributed by atoms with Gasteiger partial charge in [-0.1, -0.05) is 49.4 Å². The number of fused-ring (bicyclic) bond motifs is 1. The van der Waals surface area contributed by atoms with Crippen LogP contribution in [0.1, 0.15) is 18.9 Å². The average molecular weight is 212 g/mol. The van der Waals surface area contributed by atoms with Crippen molar-refractivity contribution < 1.29 is 5.11 Å².